The number of nitro benzene ring substituents is 1. The Morgan fingerprint density at radius 1 is 1.39 bits per heavy atom. The molecule has 0 radical (unpaired) electrons. The van der Waals surface area contributed by atoms with Gasteiger partial charge in [0.15, 0.2) is 0 Å². The maximum Gasteiger partial charge on any atom is 0.292 e. The maximum absolute atomic E-state index is 10.9. The fourth-order valence-electron chi connectivity index (χ4n) is 1.72. The molecule has 4 nitrogen and oxygen atoms in total. The molecule has 18 heavy (non-hydrogen) atoms. The van der Waals surface area contributed by atoms with E-state index in [1.165, 1.54) is 4.88 Å². The largest absolute Gasteiger partial charge is 0.379 e. The van der Waals surface area contributed by atoms with Gasteiger partial charge >= 0.3 is 0 Å². The summed E-state index contributed by atoms with van der Waals surface area (Å²) in [5, 5.41) is 16.1. The molecular formula is C13H14N2O2S. The molecule has 0 fully saturated rings. The van der Waals surface area contributed by atoms with Crippen LogP contribution in [-0.2, 0) is 6.42 Å². The summed E-state index contributed by atoms with van der Waals surface area (Å²) < 4.78 is 0. The Labute approximate surface area is 109 Å². The number of nitrogens with zero attached hydrogens (tertiary/aromatic N) is 1. The summed E-state index contributed by atoms with van der Waals surface area (Å²) >= 11 is 1.70. The Kier molecular flexibility index (Phi) is 3.94. The third-order valence-electron chi connectivity index (χ3n) is 2.62. The van der Waals surface area contributed by atoms with Crippen LogP contribution in [0.4, 0.5) is 11.4 Å². The second-order valence-electron chi connectivity index (χ2n) is 4.03. The van der Waals surface area contributed by atoms with Crippen molar-refractivity contribution in [2.24, 2.45) is 0 Å². The Hall–Kier alpha value is -1.88. The van der Waals surface area contributed by atoms with Crippen molar-refractivity contribution in [3.8, 4) is 0 Å². The molecule has 0 aliphatic carbocycles. The standard InChI is InChI=1S/C13H14N2O2S/c1-10-4-5-12(13(9-10)15(16)17)14-7-6-11-3-2-8-18-11/h2-5,8-9,14H,6-7H2,1H3. The molecule has 0 spiro atoms. The van der Waals surface area contributed by atoms with Crippen molar-refractivity contribution in [2.45, 2.75) is 13.3 Å². The van der Waals surface area contributed by atoms with Gasteiger partial charge < -0.3 is 5.32 Å². The van der Waals surface area contributed by atoms with Gasteiger partial charge in [0.05, 0.1) is 4.92 Å². The van der Waals surface area contributed by atoms with Crippen LogP contribution >= 0.6 is 11.3 Å². The highest BCUT2D eigenvalue weighted by atomic mass is 32.1. The number of benzene rings is 1. The fourth-order valence-corrected chi connectivity index (χ4v) is 2.43. The van der Waals surface area contributed by atoms with Gasteiger partial charge in [-0.25, -0.2) is 0 Å². The lowest BCUT2D eigenvalue weighted by atomic mass is 10.2. The molecule has 5 heteroatoms. The van der Waals surface area contributed by atoms with Crippen LogP contribution < -0.4 is 5.32 Å². The predicted octanol–water partition coefficient (Wildman–Crippen LogP) is 3.62. The molecular weight excluding hydrogens is 248 g/mol. The summed E-state index contributed by atoms with van der Waals surface area (Å²) in [6.45, 7) is 2.55. The summed E-state index contributed by atoms with van der Waals surface area (Å²) in [5.74, 6) is 0. The summed E-state index contributed by atoms with van der Waals surface area (Å²) in [6.07, 6.45) is 0.878. The zero-order valence-corrected chi connectivity index (χ0v) is 10.9. The molecule has 0 saturated carbocycles. The lowest BCUT2D eigenvalue weighted by Crippen LogP contribution is -2.06. The van der Waals surface area contributed by atoms with E-state index in [0.29, 0.717) is 12.2 Å². The molecule has 0 aliphatic rings. The van der Waals surface area contributed by atoms with Crippen LogP contribution in [0.15, 0.2) is 35.7 Å². The van der Waals surface area contributed by atoms with Crippen molar-refractivity contribution in [1.82, 2.24) is 0 Å². The van der Waals surface area contributed by atoms with Crippen molar-refractivity contribution in [3.63, 3.8) is 0 Å². The SMILES string of the molecule is Cc1ccc(NCCc2cccs2)c([N+](=O)[O-])c1. The smallest absolute Gasteiger partial charge is 0.292 e. The maximum atomic E-state index is 10.9. The normalized spacial score (nSPS) is 10.3. The quantitative estimate of drug-likeness (QED) is 0.661. The minimum Gasteiger partial charge on any atom is -0.379 e. The summed E-state index contributed by atoms with van der Waals surface area (Å²) in [6, 6.07) is 9.31. The number of thiophene rings is 1. The van der Waals surface area contributed by atoms with E-state index in [-0.39, 0.29) is 10.6 Å². The zero-order chi connectivity index (χ0) is 13.0. The Morgan fingerprint density at radius 2 is 2.22 bits per heavy atom. The molecule has 0 bridgehead atoms. The first-order valence-electron chi connectivity index (χ1n) is 5.68. The first-order chi connectivity index (χ1) is 8.66. The van der Waals surface area contributed by atoms with Crippen LogP contribution in [0.2, 0.25) is 0 Å². The zero-order valence-electron chi connectivity index (χ0n) is 10.1. The molecule has 1 aromatic heterocycles. The van der Waals surface area contributed by atoms with Crippen LogP contribution in [0.5, 0.6) is 0 Å². The van der Waals surface area contributed by atoms with Crippen molar-refractivity contribution in [3.05, 3.63) is 56.3 Å². The number of hydrogen-bond acceptors (Lipinski definition) is 4. The number of aryl methyl sites for hydroxylation is 1. The van der Waals surface area contributed by atoms with Gasteiger partial charge in [-0.3, -0.25) is 10.1 Å². The van der Waals surface area contributed by atoms with Crippen molar-refractivity contribution in [2.75, 3.05) is 11.9 Å². The van der Waals surface area contributed by atoms with Crippen LogP contribution in [0.3, 0.4) is 0 Å². The van der Waals surface area contributed by atoms with E-state index in [1.807, 2.05) is 24.4 Å². The van der Waals surface area contributed by atoms with E-state index in [9.17, 15) is 10.1 Å². The average Bonchev–Trinajstić information content (AvgIpc) is 2.84. The number of hydrogen-bond donors (Lipinski definition) is 1. The molecule has 2 aromatic rings. The van der Waals surface area contributed by atoms with E-state index in [4.69, 9.17) is 0 Å². The molecule has 94 valence electrons. The average molecular weight is 262 g/mol. The van der Waals surface area contributed by atoms with E-state index in [1.54, 1.807) is 23.5 Å². The number of nitro groups is 1. The number of nitrogens with one attached hydrogen (secondary N) is 1. The minimum atomic E-state index is -0.347. The summed E-state index contributed by atoms with van der Waals surface area (Å²) in [5.41, 5.74) is 1.62. The van der Waals surface area contributed by atoms with Crippen molar-refractivity contribution < 1.29 is 4.92 Å². The van der Waals surface area contributed by atoms with Gasteiger partial charge in [0, 0.05) is 17.5 Å². The predicted molar refractivity (Wildman–Crippen MR) is 74.3 cm³/mol. The molecule has 0 saturated heterocycles. The summed E-state index contributed by atoms with van der Waals surface area (Å²) in [7, 11) is 0. The summed E-state index contributed by atoms with van der Waals surface area (Å²) in [4.78, 5) is 11.9. The minimum absolute atomic E-state index is 0.140. The van der Waals surface area contributed by atoms with E-state index >= 15 is 0 Å². The van der Waals surface area contributed by atoms with Gasteiger partial charge in [-0.2, -0.15) is 0 Å². The van der Waals surface area contributed by atoms with Gasteiger partial charge in [-0.1, -0.05) is 12.1 Å². The highest BCUT2D eigenvalue weighted by Crippen LogP contribution is 2.25. The first kappa shape index (κ1) is 12.6. The van der Waals surface area contributed by atoms with Crippen LogP contribution in [0.25, 0.3) is 0 Å². The molecule has 0 atom stereocenters. The number of anilines is 1. The third kappa shape index (κ3) is 3.07. The second kappa shape index (κ2) is 5.64. The molecule has 1 N–H and O–H groups in total. The monoisotopic (exact) mass is 262 g/mol. The molecule has 0 unspecified atom stereocenters. The van der Waals surface area contributed by atoms with Crippen molar-refractivity contribution in [1.29, 1.82) is 0 Å². The molecule has 0 aliphatic heterocycles. The topological polar surface area (TPSA) is 55.2 Å². The third-order valence-corrected chi connectivity index (χ3v) is 3.55. The van der Waals surface area contributed by atoms with Gasteiger partial charge in [-0.05, 0) is 36.4 Å². The van der Waals surface area contributed by atoms with Crippen LogP contribution in [-0.4, -0.2) is 11.5 Å². The molecule has 2 rings (SSSR count). The Morgan fingerprint density at radius 3 is 2.89 bits per heavy atom. The van der Waals surface area contributed by atoms with Crippen LogP contribution in [0, 0.1) is 17.0 Å². The van der Waals surface area contributed by atoms with Crippen molar-refractivity contribution >= 4 is 22.7 Å². The van der Waals surface area contributed by atoms with E-state index in [0.717, 1.165) is 12.0 Å². The van der Waals surface area contributed by atoms with Gasteiger partial charge in [-0.15, -0.1) is 11.3 Å². The highest BCUT2D eigenvalue weighted by Gasteiger charge is 2.12. The molecule has 1 aromatic carbocycles. The van der Waals surface area contributed by atoms with E-state index < -0.39 is 0 Å². The van der Waals surface area contributed by atoms with Crippen LogP contribution in [0.1, 0.15) is 10.4 Å². The van der Waals surface area contributed by atoms with Gasteiger partial charge in [0.2, 0.25) is 0 Å². The highest BCUT2D eigenvalue weighted by molar-refractivity contribution is 7.09. The molecule has 0 amide bonds. The Bertz CT molecular complexity index is 538. The van der Waals surface area contributed by atoms with Gasteiger partial charge in [0.1, 0.15) is 5.69 Å². The number of rotatable bonds is 5. The van der Waals surface area contributed by atoms with Gasteiger partial charge in [0.25, 0.3) is 5.69 Å². The van der Waals surface area contributed by atoms with E-state index in [2.05, 4.69) is 11.4 Å². The Balaban J connectivity index is 2.02. The molecule has 1 heterocycles. The second-order valence-corrected chi connectivity index (χ2v) is 5.07. The lowest BCUT2D eigenvalue weighted by Gasteiger charge is -2.06. The fraction of sp³-hybridized carbons (Fsp3) is 0.231. The first-order valence-corrected chi connectivity index (χ1v) is 6.56. The lowest BCUT2D eigenvalue weighted by molar-refractivity contribution is -0.384.